The van der Waals surface area contributed by atoms with Crippen LogP contribution in [-0.4, -0.2) is 36.9 Å². The number of likely N-dealkylation sites (tertiary alicyclic amines) is 1. The smallest absolute Gasteiger partial charge is 0.224 e. The van der Waals surface area contributed by atoms with Gasteiger partial charge in [-0.2, -0.15) is 0 Å². The van der Waals surface area contributed by atoms with Crippen LogP contribution in [0.5, 0.6) is 0 Å². The summed E-state index contributed by atoms with van der Waals surface area (Å²) in [6, 6.07) is 8.00. The van der Waals surface area contributed by atoms with Gasteiger partial charge in [0.1, 0.15) is 0 Å². The van der Waals surface area contributed by atoms with Gasteiger partial charge in [-0.25, -0.2) is 0 Å². The number of carbonyl (C=O) groups excluding carboxylic acids is 1. The van der Waals surface area contributed by atoms with Crippen molar-refractivity contribution in [2.75, 3.05) is 25.5 Å². The van der Waals surface area contributed by atoms with Crippen LogP contribution in [0.15, 0.2) is 29.3 Å². The lowest BCUT2D eigenvalue weighted by Crippen LogP contribution is -2.45. The number of anilines is 1. The van der Waals surface area contributed by atoms with Gasteiger partial charge in [0.25, 0.3) is 0 Å². The summed E-state index contributed by atoms with van der Waals surface area (Å²) >= 11 is 0. The Morgan fingerprint density at radius 1 is 1.31 bits per heavy atom. The van der Waals surface area contributed by atoms with Gasteiger partial charge in [-0.1, -0.05) is 32.9 Å². The van der Waals surface area contributed by atoms with Crippen LogP contribution in [0.4, 0.5) is 5.69 Å². The molecule has 0 radical (unpaired) electrons. The summed E-state index contributed by atoms with van der Waals surface area (Å²) in [5.74, 6) is 2.19. The minimum absolute atomic E-state index is 0. The maximum atomic E-state index is 11.9. The fourth-order valence-electron chi connectivity index (χ4n) is 3.08. The third-order valence-corrected chi connectivity index (χ3v) is 4.55. The molecule has 0 bridgehead atoms. The number of guanidine groups is 1. The van der Waals surface area contributed by atoms with E-state index in [1.807, 2.05) is 39.1 Å². The van der Waals surface area contributed by atoms with Crippen LogP contribution in [0.25, 0.3) is 0 Å². The summed E-state index contributed by atoms with van der Waals surface area (Å²) < 4.78 is 0. The summed E-state index contributed by atoms with van der Waals surface area (Å²) in [7, 11) is 1.84. The molecule has 1 aliphatic heterocycles. The van der Waals surface area contributed by atoms with Crippen molar-refractivity contribution in [3.63, 3.8) is 0 Å². The number of piperidine rings is 1. The molecule has 0 unspecified atom stereocenters. The van der Waals surface area contributed by atoms with Crippen LogP contribution in [0.2, 0.25) is 0 Å². The Kier molecular flexibility index (Phi) is 9.98. The number of aliphatic imine (C=N–C) groups is 1. The van der Waals surface area contributed by atoms with Gasteiger partial charge in [-0.3, -0.25) is 9.79 Å². The molecule has 1 aliphatic rings. The zero-order valence-corrected chi connectivity index (χ0v) is 18.7. The number of hydrogen-bond acceptors (Lipinski definition) is 2. The molecule has 5 nitrogen and oxygen atoms in total. The van der Waals surface area contributed by atoms with E-state index < -0.39 is 0 Å². The van der Waals surface area contributed by atoms with Crippen molar-refractivity contribution in [1.29, 1.82) is 0 Å². The first-order chi connectivity index (χ1) is 12.0. The van der Waals surface area contributed by atoms with E-state index in [0.717, 1.165) is 36.2 Å². The van der Waals surface area contributed by atoms with Gasteiger partial charge in [0.05, 0.1) is 0 Å². The molecule has 0 aromatic heterocycles. The molecule has 1 aromatic carbocycles. The molecule has 1 saturated heterocycles. The lowest BCUT2D eigenvalue weighted by molar-refractivity contribution is -0.116. The molecule has 6 heteroatoms. The first-order valence-corrected chi connectivity index (χ1v) is 9.32. The number of rotatable bonds is 5. The van der Waals surface area contributed by atoms with Crippen LogP contribution in [0, 0.1) is 11.8 Å². The molecule has 1 heterocycles. The number of amides is 1. The first-order valence-electron chi connectivity index (χ1n) is 9.32. The number of nitrogens with one attached hydrogen (secondary N) is 2. The molecule has 0 spiro atoms. The van der Waals surface area contributed by atoms with Crippen molar-refractivity contribution in [2.24, 2.45) is 16.8 Å². The Morgan fingerprint density at radius 2 is 2.00 bits per heavy atom. The fourth-order valence-corrected chi connectivity index (χ4v) is 3.08. The van der Waals surface area contributed by atoms with Crippen LogP contribution in [-0.2, 0) is 11.3 Å². The largest absolute Gasteiger partial charge is 0.352 e. The maximum absolute atomic E-state index is 11.9. The highest BCUT2D eigenvalue weighted by molar-refractivity contribution is 14.0. The minimum Gasteiger partial charge on any atom is -0.352 e. The monoisotopic (exact) mass is 472 g/mol. The molecular weight excluding hydrogens is 439 g/mol. The molecule has 0 aliphatic carbocycles. The zero-order chi connectivity index (χ0) is 18.2. The van der Waals surface area contributed by atoms with E-state index in [2.05, 4.69) is 33.5 Å². The molecule has 2 N–H and O–H groups in total. The van der Waals surface area contributed by atoms with Gasteiger partial charge in [-0.05, 0) is 42.4 Å². The highest BCUT2D eigenvalue weighted by atomic mass is 127. The highest BCUT2D eigenvalue weighted by Crippen LogP contribution is 2.16. The van der Waals surface area contributed by atoms with Crippen molar-refractivity contribution in [3.05, 3.63) is 29.8 Å². The lowest BCUT2D eigenvalue weighted by atomic mass is 9.99. The van der Waals surface area contributed by atoms with E-state index in [4.69, 9.17) is 0 Å². The van der Waals surface area contributed by atoms with E-state index in [0.29, 0.717) is 18.9 Å². The van der Waals surface area contributed by atoms with Crippen molar-refractivity contribution in [1.82, 2.24) is 10.2 Å². The second-order valence-corrected chi connectivity index (χ2v) is 7.42. The van der Waals surface area contributed by atoms with Crippen molar-refractivity contribution < 1.29 is 4.79 Å². The van der Waals surface area contributed by atoms with E-state index in [9.17, 15) is 4.79 Å². The number of carbonyl (C=O) groups is 1. The van der Waals surface area contributed by atoms with Gasteiger partial charge in [0.15, 0.2) is 5.96 Å². The normalized spacial score (nSPS) is 15.6. The van der Waals surface area contributed by atoms with Gasteiger partial charge in [0, 0.05) is 38.8 Å². The zero-order valence-electron chi connectivity index (χ0n) is 16.4. The Morgan fingerprint density at radius 3 is 2.62 bits per heavy atom. The molecular formula is C20H33IN4O. The number of hydrogen-bond donors (Lipinski definition) is 2. The molecule has 1 fully saturated rings. The highest BCUT2D eigenvalue weighted by Gasteiger charge is 2.18. The predicted octanol–water partition coefficient (Wildman–Crippen LogP) is 4.10. The number of halogens is 1. The van der Waals surface area contributed by atoms with Crippen LogP contribution in [0.1, 0.15) is 45.6 Å². The average molecular weight is 472 g/mol. The second kappa shape index (κ2) is 11.4. The van der Waals surface area contributed by atoms with Crippen LogP contribution >= 0.6 is 24.0 Å². The SMILES string of the molecule is CN=C(NCc1cccc(NC(=O)CC(C)C)c1)N1CCC(C)CC1.I. The van der Waals surface area contributed by atoms with E-state index in [1.165, 1.54) is 12.8 Å². The molecule has 0 atom stereocenters. The van der Waals surface area contributed by atoms with Gasteiger partial charge in [-0.15, -0.1) is 24.0 Å². The number of benzene rings is 1. The van der Waals surface area contributed by atoms with Crippen molar-refractivity contribution >= 4 is 41.5 Å². The summed E-state index contributed by atoms with van der Waals surface area (Å²) in [6.07, 6.45) is 2.98. The molecule has 26 heavy (non-hydrogen) atoms. The predicted molar refractivity (Wildman–Crippen MR) is 120 cm³/mol. The Hall–Kier alpha value is -1.31. The summed E-state index contributed by atoms with van der Waals surface area (Å²) in [6.45, 7) is 9.23. The summed E-state index contributed by atoms with van der Waals surface area (Å²) in [5, 5.41) is 6.42. The van der Waals surface area contributed by atoms with Gasteiger partial charge in [0.2, 0.25) is 5.91 Å². The molecule has 2 rings (SSSR count). The van der Waals surface area contributed by atoms with Gasteiger partial charge < -0.3 is 15.5 Å². The average Bonchev–Trinajstić information content (AvgIpc) is 2.56. The standard InChI is InChI=1S/C20H32N4O.HI/c1-15(2)12-19(25)23-18-7-5-6-17(13-18)14-22-20(21-4)24-10-8-16(3)9-11-24;/h5-7,13,15-16H,8-12,14H2,1-4H3,(H,21,22)(H,23,25);1H. The summed E-state index contributed by atoms with van der Waals surface area (Å²) in [5.41, 5.74) is 1.99. The molecule has 1 amide bonds. The molecule has 0 saturated carbocycles. The third-order valence-electron chi connectivity index (χ3n) is 4.55. The van der Waals surface area contributed by atoms with E-state index >= 15 is 0 Å². The minimum atomic E-state index is 0. The Bertz CT molecular complexity index is 595. The third kappa shape index (κ3) is 7.51. The number of nitrogens with zero attached hydrogens (tertiary/aromatic N) is 2. The second-order valence-electron chi connectivity index (χ2n) is 7.42. The summed E-state index contributed by atoms with van der Waals surface area (Å²) in [4.78, 5) is 18.7. The topological polar surface area (TPSA) is 56.7 Å². The van der Waals surface area contributed by atoms with E-state index in [-0.39, 0.29) is 29.9 Å². The quantitative estimate of drug-likeness (QED) is 0.386. The Labute approximate surface area is 175 Å². The fraction of sp³-hybridized carbons (Fsp3) is 0.600. The van der Waals surface area contributed by atoms with Crippen LogP contribution < -0.4 is 10.6 Å². The Balaban J connectivity index is 0.00000338. The molecule has 1 aromatic rings. The lowest BCUT2D eigenvalue weighted by Gasteiger charge is -2.33. The van der Waals surface area contributed by atoms with Gasteiger partial charge >= 0.3 is 0 Å². The van der Waals surface area contributed by atoms with Crippen LogP contribution in [0.3, 0.4) is 0 Å². The van der Waals surface area contributed by atoms with Crippen molar-refractivity contribution in [3.8, 4) is 0 Å². The van der Waals surface area contributed by atoms with E-state index in [1.54, 1.807) is 0 Å². The van der Waals surface area contributed by atoms with Crippen molar-refractivity contribution in [2.45, 2.75) is 46.6 Å². The first kappa shape index (κ1) is 22.7. The maximum Gasteiger partial charge on any atom is 0.224 e. The molecule has 146 valence electrons.